The second-order valence-corrected chi connectivity index (χ2v) is 41.8. The van der Waals surface area contributed by atoms with E-state index in [1.54, 1.807) is 0 Å². The van der Waals surface area contributed by atoms with Gasteiger partial charge in [0.05, 0.1) is 76.6 Å². The monoisotopic (exact) mass is 1910 g/mol. The Kier molecular flexibility index (Phi) is 18.5. The van der Waals surface area contributed by atoms with Crippen LogP contribution in [0.25, 0.3) is 274 Å². The SMILES string of the molecule is C.CC1(C)c2cc(-c3ccc4oc5ccccc5c4c3)ccc2-c2ccc(-n3c4ccccc4c4c3ccc3c5ccccc5n(-c5ccccc5)c34)cc21.CC1(C)c2cc(-c3cccc4c3oc3ccccc34)ccc2-c2ccc(-n3c4ccccc4c4c3ccc3c5ccccc5n(-c5ccccc5)c34)cc21.c1ccc(-n2c3ccccc3c3ccc4c(c5ccccc5n4-c4cccc5c4sc4ccccc45)c32)cc1. The highest BCUT2D eigenvalue weighted by molar-refractivity contribution is 7.26. The van der Waals surface area contributed by atoms with Gasteiger partial charge in [-0.2, -0.15) is 0 Å². The van der Waals surface area contributed by atoms with Gasteiger partial charge in [0, 0.05) is 146 Å². The molecule has 33 rings (SSSR count). The van der Waals surface area contributed by atoms with Crippen LogP contribution in [-0.2, 0) is 10.8 Å². The molecule has 9 heteroatoms. The first-order chi connectivity index (χ1) is 72.5. The highest BCUT2D eigenvalue weighted by Crippen LogP contribution is 2.56. The number of nitrogens with zero attached hydrogens (tertiary/aromatic N) is 6. The number of aromatic nitrogens is 6. The molecule has 0 saturated heterocycles. The van der Waals surface area contributed by atoms with Crippen molar-refractivity contribution in [3.63, 3.8) is 0 Å². The van der Waals surface area contributed by atoms with Crippen molar-refractivity contribution in [3.05, 3.63) is 495 Å². The zero-order valence-corrected chi connectivity index (χ0v) is 81.8. The first-order valence-electron chi connectivity index (χ1n) is 50.8. The van der Waals surface area contributed by atoms with E-state index >= 15 is 0 Å². The zero-order chi connectivity index (χ0) is 96.9. The van der Waals surface area contributed by atoms with Crippen molar-refractivity contribution in [1.29, 1.82) is 0 Å². The third kappa shape index (κ3) is 12.2. The maximum absolute atomic E-state index is 6.47. The Balaban J connectivity index is 0.000000104. The van der Waals surface area contributed by atoms with Gasteiger partial charge in [-0.1, -0.05) is 345 Å². The summed E-state index contributed by atoms with van der Waals surface area (Å²) in [6.45, 7) is 9.51. The Morgan fingerprint density at radius 1 is 0.196 bits per heavy atom. The molecule has 2 aliphatic rings. The molecule has 0 bridgehead atoms. The number of thiophene rings is 1. The summed E-state index contributed by atoms with van der Waals surface area (Å²) in [7, 11) is 0. The molecule has 0 atom stereocenters. The summed E-state index contributed by atoms with van der Waals surface area (Å²) < 4.78 is 30.1. The molecule has 0 aliphatic heterocycles. The highest BCUT2D eigenvalue weighted by Gasteiger charge is 2.39. The number of fused-ring (bicyclic) bond motifs is 36. The van der Waals surface area contributed by atoms with E-state index in [2.05, 4.69) is 510 Å². The molecule has 31 aromatic rings. The van der Waals surface area contributed by atoms with Gasteiger partial charge in [0.25, 0.3) is 0 Å². The number of rotatable bonds is 8. The summed E-state index contributed by atoms with van der Waals surface area (Å²) in [5, 5.41) is 22.5. The van der Waals surface area contributed by atoms with Crippen molar-refractivity contribution in [2.75, 3.05) is 0 Å². The molecule has 0 fully saturated rings. The highest BCUT2D eigenvalue weighted by atomic mass is 32.1. The molecule has 0 saturated carbocycles. The lowest BCUT2D eigenvalue weighted by Gasteiger charge is -2.23. The minimum Gasteiger partial charge on any atom is -0.456 e. The third-order valence-corrected chi connectivity index (χ3v) is 33.5. The molecule has 22 aromatic carbocycles. The van der Waals surface area contributed by atoms with Gasteiger partial charge in [0.2, 0.25) is 0 Å². The fraction of sp³-hybridized carbons (Fsp3) is 0.0504. The van der Waals surface area contributed by atoms with Gasteiger partial charge in [-0.3, -0.25) is 0 Å². The molecule has 0 radical (unpaired) electrons. The van der Waals surface area contributed by atoms with Gasteiger partial charge < -0.3 is 36.2 Å². The van der Waals surface area contributed by atoms with Crippen molar-refractivity contribution < 1.29 is 8.83 Å². The van der Waals surface area contributed by atoms with Crippen LogP contribution in [0.4, 0.5) is 0 Å². The van der Waals surface area contributed by atoms with Gasteiger partial charge in [-0.15, -0.1) is 11.3 Å². The Labute approximate surface area is 856 Å². The number of hydrogen-bond donors (Lipinski definition) is 0. The average molecular weight is 1910 g/mol. The predicted octanol–water partition coefficient (Wildman–Crippen LogP) is 38.4. The Hall–Kier alpha value is -18.5. The van der Waals surface area contributed by atoms with Gasteiger partial charge >= 0.3 is 0 Å². The van der Waals surface area contributed by atoms with E-state index in [1.165, 1.54) is 246 Å². The zero-order valence-electron chi connectivity index (χ0n) is 80.9. The van der Waals surface area contributed by atoms with Crippen LogP contribution in [0.1, 0.15) is 57.4 Å². The van der Waals surface area contributed by atoms with E-state index in [1.807, 2.05) is 29.5 Å². The molecule has 698 valence electrons. The molecule has 9 heterocycles. The number of furan rings is 2. The molecule has 0 unspecified atom stereocenters. The Morgan fingerprint density at radius 2 is 0.534 bits per heavy atom. The van der Waals surface area contributed by atoms with E-state index in [0.29, 0.717) is 0 Å². The molecular formula is C139H94N6O2S. The molecule has 9 aromatic heterocycles. The van der Waals surface area contributed by atoms with Gasteiger partial charge in [-0.05, 0) is 225 Å². The standard InChI is InChI=1S/2C51H34N2O.C36H22N2S.CH4/c1-51(2)42-29-31(34-18-12-19-40-38-16-8-11-22-47(38)54-50(34)40)23-25-35(42)36-26-24-33(30-43(36)51)52-45-21-10-7-17-41(45)48-46(52)28-27-39-37-15-6-9-20-44(37)53(49(39)48)32-13-4-3-5-14-32;1-51(2)42-29-32(31-21-27-48-41(28-31)38-15-8-11-19-47(38)54-48)20-23-35(42)36-24-22-34(30-43(36)51)52-45-18-10-7-16-40(45)49-46(52)26-25-39-37-14-6-9-17-44(37)53(50(39)49)33-12-4-3-5-13-33;1-2-11-23(12-3-1)37-29-17-7-4-13-24(29)26-21-22-31-34(35(26)37)28-15-5-8-18-30(28)38(31)32-19-10-16-27-25-14-6-9-20-33(25)39-36(27)32;/h2*3-30H,1-2H3;1-22H;1H4. The topological polar surface area (TPSA) is 55.9 Å². The molecule has 148 heavy (non-hydrogen) atoms. The molecule has 2 aliphatic carbocycles. The molecular weight excluding hydrogens is 1820 g/mol. The Bertz CT molecular complexity index is 11000. The molecule has 0 N–H and O–H groups in total. The van der Waals surface area contributed by atoms with Crippen LogP contribution in [-0.4, -0.2) is 27.4 Å². The van der Waals surface area contributed by atoms with Crippen molar-refractivity contribution in [3.8, 4) is 78.6 Å². The minimum absolute atomic E-state index is 0. The summed E-state index contributed by atoms with van der Waals surface area (Å²) in [5.74, 6) is 0. The fourth-order valence-corrected chi connectivity index (χ4v) is 26.9. The lowest BCUT2D eigenvalue weighted by molar-refractivity contribution is 0.659. The van der Waals surface area contributed by atoms with Crippen molar-refractivity contribution in [2.24, 2.45) is 0 Å². The van der Waals surface area contributed by atoms with Crippen LogP contribution >= 0.6 is 11.3 Å². The van der Waals surface area contributed by atoms with Crippen molar-refractivity contribution >= 4 is 206 Å². The van der Waals surface area contributed by atoms with Crippen molar-refractivity contribution in [1.82, 2.24) is 27.4 Å². The fourth-order valence-electron chi connectivity index (χ4n) is 25.7. The second kappa shape index (κ2) is 32.2. The Morgan fingerprint density at radius 3 is 1.02 bits per heavy atom. The summed E-state index contributed by atoms with van der Waals surface area (Å²) in [5.41, 5.74) is 40.5. The van der Waals surface area contributed by atoms with Crippen LogP contribution in [0.3, 0.4) is 0 Å². The van der Waals surface area contributed by atoms with Crippen LogP contribution in [0.2, 0.25) is 0 Å². The summed E-state index contributed by atoms with van der Waals surface area (Å²) in [4.78, 5) is 0. The molecule has 8 nitrogen and oxygen atoms in total. The normalized spacial score (nSPS) is 13.1. The molecule has 0 spiro atoms. The van der Waals surface area contributed by atoms with Crippen LogP contribution < -0.4 is 0 Å². The van der Waals surface area contributed by atoms with Crippen LogP contribution in [0.15, 0.2) is 482 Å². The lowest BCUT2D eigenvalue weighted by Crippen LogP contribution is -2.15. The van der Waals surface area contributed by atoms with Crippen LogP contribution in [0, 0.1) is 0 Å². The average Bonchev–Trinajstić information content (AvgIpc) is 1.54. The van der Waals surface area contributed by atoms with E-state index in [4.69, 9.17) is 8.83 Å². The van der Waals surface area contributed by atoms with E-state index in [9.17, 15) is 0 Å². The maximum atomic E-state index is 6.47. The largest absolute Gasteiger partial charge is 0.456 e. The third-order valence-electron chi connectivity index (χ3n) is 32.3. The van der Waals surface area contributed by atoms with E-state index in [-0.39, 0.29) is 18.3 Å². The van der Waals surface area contributed by atoms with Gasteiger partial charge in [0.1, 0.15) is 22.3 Å². The number of para-hydroxylation sites is 12. The minimum atomic E-state index is -0.204. The second-order valence-electron chi connectivity index (χ2n) is 40.8. The predicted molar refractivity (Wildman–Crippen MR) is 626 cm³/mol. The summed E-state index contributed by atoms with van der Waals surface area (Å²) >= 11 is 1.89. The number of hydrogen-bond acceptors (Lipinski definition) is 3. The quantitative estimate of drug-likeness (QED) is 0.152. The van der Waals surface area contributed by atoms with Gasteiger partial charge in [-0.25, -0.2) is 0 Å². The smallest absolute Gasteiger partial charge is 0.143 e. The van der Waals surface area contributed by atoms with Gasteiger partial charge in [0.15, 0.2) is 0 Å². The first kappa shape index (κ1) is 85.1. The van der Waals surface area contributed by atoms with E-state index in [0.717, 1.165) is 49.4 Å². The lowest BCUT2D eigenvalue weighted by atomic mass is 9.81. The number of benzene rings is 22. The van der Waals surface area contributed by atoms with Crippen molar-refractivity contribution in [2.45, 2.75) is 46.0 Å². The molecule has 0 amide bonds. The summed E-state index contributed by atoms with van der Waals surface area (Å²) in [6, 6.07) is 173. The van der Waals surface area contributed by atoms with E-state index < -0.39 is 0 Å². The summed E-state index contributed by atoms with van der Waals surface area (Å²) in [6.07, 6.45) is 0. The van der Waals surface area contributed by atoms with Crippen LogP contribution in [0.5, 0.6) is 0 Å². The maximum Gasteiger partial charge on any atom is 0.143 e. The first-order valence-corrected chi connectivity index (χ1v) is 51.7.